The summed E-state index contributed by atoms with van der Waals surface area (Å²) in [6.45, 7) is 12.3. The maximum atomic E-state index is 9.55. The number of hydrogen-bond acceptors (Lipinski definition) is 3. The van der Waals surface area contributed by atoms with Crippen LogP contribution in [-0.4, -0.2) is 48.8 Å². The van der Waals surface area contributed by atoms with Gasteiger partial charge in [0.25, 0.3) is 0 Å². The highest BCUT2D eigenvalue weighted by Crippen LogP contribution is 2.40. The van der Waals surface area contributed by atoms with E-state index in [9.17, 15) is 5.11 Å². The molecule has 1 saturated carbocycles. The Balaban J connectivity index is 2.73. The molecule has 0 saturated heterocycles. The van der Waals surface area contributed by atoms with E-state index in [2.05, 4.69) is 45.0 Å². The zero-order valence-electron chi connectivity index (χ0n) is 13.6. The number of nitrogens with zero attached hydrogens (tertiary/aromatic N) is 1. The molecule has 2 unspecified atom stereocenters. The second-order valence-electron chi connectivity index (χ2n) is 7.31. The molecule has 1 rings (SSSR count). The molecule has 3 nitrogen and oxygen atoms in total. The number of nitrogens with one attached hydrogen (secondary N) is 1. The summed E-state index contributed by atoms with van der Waals surface area (Å²) in [5.74, 6) is 0.832. The van der Waals surface area contributed by atoms with E-state index in [1.807, 2.05) is 0 Å². The predicted octanol–water partition coefficient (Wildman–Crippen LogP) is 2.50. The maximum absolute atomic E-state index is 9.55. The SMILES string of the molecule is CCNCC1(CN(C)C(C)(C)CO)CCCC(C)C1. The lowest BCUT2D eigenvalue weighted by molar-refractivity contribution is 0.0176. The molecule has 2 atom stereocenters. The third kappa shape index (κ3) is 4.73. The average molecular weight is 270 g/mol. The Morgan fingerprint density at radius 1 is 1.42 bits per heavy atom. The lowest BCUT2D eigenvalue weighted by Crippen LogP contribution is -2.53. The van der Waals surface area contributed by atoms with E-state index in [1.165, 1.54) is 25.7 Å². The fraction of sp³-hybridized carbons (Fsp3) is 1.00. The van der Waals surface area contributed by atoms with E-state index < -0.39 is 0 Å². The first-order valence-electron chi connectivity index (χ1n) is 7.88. The third-order valence-corrected chi connectivity index (χ3v) is 4.93. The van der Waals surface area contributed by atoms with E-state index in [1.54, 1.807) is 0 Å². The lowest BCUT2D eigenvalue weighted by Gasteiger charge is -2.46. The van der Waals surface area contributed by atoms with Gasteiger partial charge in [0.15, 0.2) is 0 Å². The van der Waals surface area contributed by atoms with Crippen LogP contribution in [0.2, 0.25) is 0 Å². The van der Waals surface area contributed by atoms with Crippen LogP contribution in [-0.2, 0) is 0 Å². The monoisotopic (exact) mass is 270 g/mol. The highest BCUT2D eigenvalue weighted by molar-refractivity contribution is 4.92. The fourth-order valence-electron chi connectivity index (χ4n) is 3.36. The van der Waals surface area contributed by atoms with Crippen LogP contribution in [0.15, 0.2) is 0 Å². The van der Waals surface area contributed by atoms with Crippen molar-refractivity contribution < 1.29 is 5.11 Å². The Morgan fingerprint density at radius 3 is 2.63 bits per heavy atom. The highest BCUT2D eigenvalue weighted by atomic mass is 16.3. The zero-order chi connectivity index (χ0) is 14.5. The third-order valence-electron chi connectivity index (χ3n) is 4.93. The molecule has 0 radical (unpaired) electrons. The molecule has 0 heterocycles. The molecule has 1 aliphatic carbocycles. The van der Waals surface area contributed by atoms with Gasteiger partial charge in [0.2, 0.25) is 0 Å². The summed E-state index contributed by atoms with van der Waals surface area (Å²) in [5, 5.41) is 13.1. The molecule has 0 aromatic carbocycles. The average Bonchev–Trinajstić information content (AvgIpc) is 2.36. The Hall–Kier alpha value is -0.120. The molecule has 1 aliphatic rings. The quantitative estimate of drug-likeness (QED) is 0.746. The van der Waals surface area contributed by atoms with Crippen molar-refractivity contribution in [2.75, 3.05) is 33.3 Å². The minimum absolute atomic E-state index is 0.125. The van der Waals surface area contributed by atoms with E-state index in [-0.39, 0.29) is 12.1 Å². The summed E-state index contributed by atoms with van der Waals surface area (Å²) >= 11 is 0. The molecule has 114 valence electrons. The predicted molar refractivity (Wildman–Crippen MR) is 82.4 cm³/mol. The van der Waals surface area contributed by atoms with Crippen molar-refractivity contribution in [3.8, 4) is 0 Å². The summed E-state index contributed by atoms with van der Waals surface area (Å²) in [7, 11) is 2.16. The second kappa shape index (κ2) is 7.05. The van der Waals surface area contributed by atoms with Gasteiger partial charge in [0.1, 0.15) is 0 Å². The number of aliphatic hydroxyl groups is 1. The molecule has 0 amide bonds. The van der Waals surface area contributed by atoms with Crippen molar-refractivity contribution in [3.63, 3.8) is 0 Å². The summed E-state index contributed by atoms with van der Waals surface area (Å²) < 4.78 is 0. The lowest BCUT2D eigenvalue weighted by atomic mass is 9.69. The first-order valence-corrected chi connectivity index (χ1v) is 7.88. The van der Waals surface area contributed by atoms with Crippen LogP contribution >= 0.6 is 0 Å². The molecule has 0 aliphatic heterocycles. The number of aliphatic hydroxyl groups excluding tert-OH is 1. The van der Waals surface area contributed by atoms with Gasteiger partial charge in [-0.2, -0.15) is 0 Å². The number of likely N-dealkylation sites (N-methyl/N-ethyl adjacent to an activating group) is 1. The molecule has 3 heteroatoms. The molecule has 1 fully saturated rings. The Morgan fingerprint density at radius 2 is 2.11 bits per heavy atom. The molecule has 0 aromatic rings. The molecule has 0 spiro atoms. The van der Waals surface area contributed by atoms with Gasteiger partial charge in [0, 0.05) is 18.6 Å². The minimum atomic E-state index is -0.125. The highest BCUT2D eigenvalue weighted by Gasteiger charge is 2.38. The topological polar surface area (TPSA) is 35.5 Å². The first kappa shape index (κ1) is 16.9. The van der Waals surface area contributed by atoms with Gasteiger partial charge in [-0.25, -0.2) is 0 Å². The van der Waals surface area contributed by atoms with Crippen molar-refractivity contribution in [1.29, 1.82) is 0 Å². The van der Waals surface area contributed by atoms with Crippen molar-refractivity contribution in [2.24, 2.45) is 11.3 Å². The summed E-state index contributed by atoms with van der Waals surface area (Å²) in [5.41, 5.74) is 0.259. The summed E-state index contributed by atoms with van der Waals surface area (Å²) in [4.78, 5) is 2.35. The van der Waals surface area contributed by atoms with Crippen LogP contribution < -0.4 is 5.32 Å². The van der Waals surface area contributed by atoms with Gasteiger partial charge in [0.05, 0.1) is 6.61 Å². The molecule has 19 heavy (non-hydrogen) atoms. The summed E-state index contributed by atoms with van der Waals surface area (Å²) in [6, 6.07) is 0. The normalized spacial score (nSPS) is 28.9. The van der Waals surface area contributed by atoms with Gasteiger partial charge < -0.3 is 10.4 Å². The van der Waals surface area contributed by atoms with E-state index in [0.717, 1.165) is 25.6 Å². The largest absolute Gasteiger partial charge is 0.394 e. The van der Waals surface area contributed by atoms with Crippen LogP contribution in [0, 0.1) is 11.3 Å². The van der Waals surface area contributed by atoms with Gasteiger partial charge in [-0.3, -0.25) is 4.90 Å². The van der Waals surface area contributed by atoms with Crippen LogP contribution in [0.25, 0.3) is 0 Å². The van der Waals surface area contributed by atoms with Gasteiger partial charge in [-0.15, -0.1) is 0 Å². The summed E-state index contributed by atoms with van der Waals surface area (Å²) in [6.07, 6.45) is 5.35. The van der Waals surface area contributed by atoms with Crippen LogP contribution in [0.4, 0.5) is 0 Å². The van der Waals surface area contributed by atoms with Crippen molar-refractivity contribution in [3.05, 3.63) is 0 Å². The van der Waals surface area contributed by atoms with Crippen molar-refractivity contribution in [2.45, 2.75) is 58.9 Å². The first-order chi connectivity index (χ1) is 8.85. The smallest absolute Gasteiger partial charge is 0.0609 e. The Kier molecular flexibility index (Phi) is 6.28. The van der Waals surface area contributed by atoms with Crippen molar-refractivity contribution >= 4 is 0 Å². The molecular weight excluding hydrogens is 236 g/mol. The number of rotatable bonds is 7. The van der Waals surface area contributed by atoms with E-state index in [0.29, 0.717) is 5.41 Å². The van der Waals surface area contributed by atoms with Crippen LogP contribution in [0.5, 0.6) is 0 Å². The van der Waals surface area contributed by atoms with E-state index >= 15 is 0 Å². The van der Waals surface area contributed by atoms with Crippen LogP contribution in [0.1, 0.15) is 53.4 Å². The molecule has 0 aromatic heterocycles. The fourth-order valence-corrected chi connectivity index (χ4v) is 3.36. The Bertz CT molecular complexity index is 267. The van der Waals surface area contributed by atoms with Gasteiger partial charge >= 0.3 is 0 Å². The Labute approximate surface area is 119 Å². The second-order valence-corrected chi connectivity index (χ2v) is 7.31. The molecular formula is C16H34N2O. The zero-order valence-corrected chi connectivity index (χ0v) is 13.6. The van der Waals surface area contributed by atoms with Gasteiger partial charge in [-0.05, 0) is 51.6 Å². The minimum Gasteiger partial charge on any atom is -0.394 e. The maximum Gasteiger partial charge on any atom is 0.0609 e. The van der Waals surface area contributed by atoms with Crippen molar-refractivity contribution in [1.82, 2.24) is 10.2 Å². The standard InChI is InChI=1S/C16H34N2O/c1-6-17-11-16(9-7-8-14(2)10-16)12-18(5)15(3,4)13-19/h14,17,19H,6-13H2,1-5H3. The molecule has 0 bridgehead atoms. The molecule has 2 N–H and O–H groups in total. The van der Waals surface area contributed by atoms with Crippen LogP contribution in [0.3, 0.4) is 0 Å². The van der Waals surface area contributed by atoms with E-state index in [4.69, 9.17) is 0 Å². The van der Waals surface area contributed by atoms with Gasteiger partial charge in [-0.1, -0.05) is 26.7 Å². The number of hydrogen-bond donors (Lipinski definition) is 2.